The van der Waals surface area contributed by atoms with Gasteiger partial charge in [0, 0.05) is 27.8 Å². The Hall–Kier alpha value is -8.01. The van der Waals surface area contributed by atoms with Crippen LogP contribution >= 0.6 is 0 Å². The van der Waals surface area contributed by atoms with Gasteiger partial charge in [-0.2, -0.15) is 0 Å². The second kappa shape index (κ2) is 16.5. The van der Waals surface area contributed by atoms with Gasteiger partial charge in [-0.25, -0.2) is 15.0 Å². The Morgan fingerprint density at radius 3 is 0.783 bits per heavy atom. The summed E-state index contributed by atoms with van der Waals surface area (Å²) in [6.45, 7) is 0. The lowest BCUT2D eigenvalue weighted by atomic mass is 9.92. The van der Waals surface area contributed by atoms with E-state index in [1.54, 1.807) is 0 Å². The van der Waals surface area contributed by atoms with E-state index in [9.17, 15) is 0 Å². The molecule has 2 aromatic heterocycles. The van der Waals surface area contributed by atoms with E-state index in [1.807, 2.05) is 48.5 Å². The Bertz CT molecular complexity index is 2720. The van der Waals surface area contributed by atoms with Crippen molar-refractivity contribution in [1.82, 2.24) is 15.0 Å². The second-order valence-corrected chi connectivity index (χ2v) is 14.9. The Kier molecular flexibility index (Phi) is 9.97. The van der Waals surface area contributed by atoms with Gasteiger partial charge in [0.15, 0.2) is 5.82 Å². The molecule has 0 fully saturated rings. The SMILES string of the molecule is c1ccc(-c2cc(-c3ccc(-c4cc(-c5ccccc5)nc(-c5ccccc5)c4)cc3)cc(-c3ccc(-c4cc(-c5ccccc5)nc(-c5ccccc5)n4)cc3)c2)cc1. The summed E-state index contributed by atoms with van der Waals surface area (Å²) in [6, 6.07) is 83.0. The van der Waals surface area contributed by atoms with Gasteiger partial charge in [0.2, 0.25) is 0 Å². The van der Waals surface area contributed by atoms with Gasteiger partial charge in [0.1, 0.15) is 0 Å². The van der Waals surface area contributed by atoms with Crippen LogP contribution in [0.1, 0.15) is 0 Å². The normalized spacial score (nSPS) is 11.0. The molecule has 0 unspecified atom stereocenters. The number of rotatable bonds is 9. The van der Waals surface area contributed by atoms with E-state index < -0.39 is 0 Å². The lowest BCUT2D eigenvalue weighted by Gasteiger charge is -2.13. The van der Waals surface area contributed by atoms with Crippen molar-refractivity contribution in [3.63, 3.8) is 0 Å². The maximum Gasteiger partial charge on any atom is 0.160 e. The van der Waals surface area contributed by atoms with Crippen LogP contribution < -0.4 is 0 Å². The molecule has 3 nitrogen and oxygen atoms in total. The fraction of sp³-hybridized carbons (Fsp3) is 0. The first-order valence-corrected chi connectivity index (χ1v) is 20.3. The summed E-state index contributed by atoms with van der Waals surface area (Å²) in [7, 11) is 0. The summed E-state index contributed by atoms with van der Waals surface area (Å²) in [6.07, 6.45) is 0. The molecule has 10 rings (SSSR count). The molecule has 8 aromatic carbocycles. The van der Waals surface area contributed by atoms with E-state index in [1.165, 1.54) is 11.1 Å². The Labute approximate surface area is 351 Å². The Balaban J connectivity index is 1.01. The van der Waals surface area contributed by atoms with Crippen LogP contribution in [0.3, 0.4) is 0 Å². The van der Waals surface area contributed by atoms with Gasteiger partial charge in [0.05, 0.1) is 22.8 Å². The van der Waals surface area contributed by atoms with Crippen LogP contribution in [-0.4, -0.2) is 15.0 Å². The predicted molar refractivity (Wildman–Crippen MR) is 249 cm³/mol. The van der Waals surface area contributed by atoms with Crippen LogP contribution in [0.25, 0.3) is 101 Å². The fourth-order valence-corrected chi connectivity index (χ4v) is 7.73. The molecule has 0 atom stereocenters. The summed E-state index contributed by atoms with van der Waals surface area (Å²) >= 11 is 0. The quantitative estimate of drug-likeness (QED) is 0.147. The lowest BCUT2D eigenvalue weighted by Crippen LogP contribution is -1.95. The molecule has 0 aliphatic heterocycles. The zero-order valence-electron chi connectivity index (χ0n) is 32.9. The van der Waals surface area contributed by atoms with Crippen LogP contribution in [-0.2, 0) is 0 Å². The third kappa shape index (κ3) is 7.80. The highest BCUT2D eigenvalue weighted by Gasteiger charge is 2.14. The molecule has 0 aliphatic rings. The van der Waals surface area contributed by atoms with E-state index >= 15 is 0 Å². The van der Waals surface area contributed by atoms with E-state index in [2.05, 4.69) is 188 Å². The van der Waals surface area contributed by atoms with Crippen molar-refractivity contribution in [3.05, 3.63) is 237 Å². The van der Waals surface area contributed by atoms with E-state index in [0.29, 0.717) is 5.82 Å². The molecule has 60 heavy (non-hydrogen) atoms. The van der Waals surface area contributed by atoms with Crippen molar-refractivity contribution in [3.8, 4) is 101 Å². The standard InChI is InChI=1S/C57H39N3/c1-6-16-40(17-7-1)49-34-50(41-26-28-43(29-27-41)52-37-53(44-18-8-2-9-19-44)58-54(38-52)45-20-10-3-11-21-45)36-51(35-49)42-30-32-47(33-31-42)56-39-55(46-22-12-4-13-23-46)59-57(60-56)48-24-14-5-15-25-48/h1-39H. The van der Waals surface area contributed by atoms with Gasteiger partial charge in [-0.05, 0) is 80.9 Å². The molecule has 0 aliphatic carbocycles. The average molecular weight is 766 g/mol. The third-order valence-electron chi connectivity index (χ3n) is 10.9. The smallest absolute Gasteiger partial charge is 0.160 e. The molecule has 3 heteroatoms. The zero-order chi connectivity index (χ0) is 40.1. The summed E-state index contributed by atoms with van der Waals surface area (Å²) < 4.78 is 0. The van der Waals surface area contributed by atoms with E-state index in [0.717, 1.165) is 84.0 Å². The highest BCUT2D eigenvalue weighted by Crippen LogP contribution is 2.36. The van der Waals surface area contributed by atoms with Gasteiger partial charge >= 0.3 is 0 Å². The summed E-state index contributed by atoms with van der Waals surface area (Å²) in [5, 5.41) is 0. The Morgan fingerprint density at radius 1 is 0.167 bits per heavy atom. The van der Waals surface area contributed by atoms with Gasteiger partial charge < -0.3 is 0 Å². The first-order chi connectivity index (χ1) is 29.7. The summed E-state index contributed by atoms with van der Waals surface area (Å²) in [5.41, 5.74) is 18.2. The Morgan fingerprint density at radius 2 is 0.417 bits per heavy atom. The summed E-state index contributed by atoms with van der Waals surface area (Å²) in [4.78, 5) is 15.1. The number of pyridine rings is 1. The first-order valence-electron chi connectivity index (χ1n) is 20.3. The zero-order valence-corrected chi connectivity index (χ0v) is 32.9. The summed E-state index contributed by atoms with van der Waals surface area (Å²) in [5.74, 6) is 0.708. The molecule has 0 N–H and O–H groups in total. The molecular weight excluding hydrogens is 727 g/mol. The lowest BCUT2D eigenvalue weighted by molar-refractivity contribution is 1.18. The largest absolute Gasteiger partial charge is 0.248 e. The van der Waals surface area contributed by atoms with E-state index in [4.69, 9.17) is 15.0 Å². The number of hydrogen-bond donors (Lipinski definition) is 0. The van der Waals surface area contributed by atoms with Crippen LogP contribution in [0.5, 0.6) is 0 Å². The van der Waals surface area contributed by atoms with Crippen LogP contribution in [0.2, 0.25) is 0 Å². The van der Waals surface area contributed by atoms with Crippen molar-refractivity contribution >= 4 is 0 Å². The minimum absolute atomic E-state index is 0.708. The molecule has 0 bridgehead atoms. The topological polar surface area (TPSA) is 38.7 Å². The van der Waals surface area contributed by atoms with Gasteiger partial charge in [-0.3, -0.25) is 0 Å². The molecule has 0 radical (unpaired) electrons. The highest BCUT2D eigenvalue weighted by molar-refractivity contribution is 5.84. The fourth-order valence-electron chi connectivity index (χ4n) is 7.73. The minimum atomic E-state index is 0.708. The molecule has 282 valence electrons. The number of hydrogen-bond acceptors (Lipinski definition) is 3. The molecule has 0 amide bonds. The highest BCUT2D eigenvalue weighted by atomic mass is 14.9. The minimum Gasteiger partial charge on any atom is -0.248 e. The van der Waals surface area contributed by atoms with Crippen LogP contribution in [0, 0.1) is 0 Å². The van der Waals surface area contributed by atoms with Crippen molar-refractivity contribution in [2.75, 3.05) is 0 Å². The van der Waals surface area contributed by atoms with Crippen molar-refractivity contribution in [1.29, 1.82) is 0 Å². The molecule has 0 spiro atoms. The first kappa shape index (κ1) is 36.3. The van der Waals surface area contributed by atoms with Crippen molar-refractivity contribution in [2.45, 2.75) is 0 Å². The maximum atomic E-state index is 5.09. The number of benzene rings is 8. The molecule has 10 aromatic rings. The van der Waals surface area contributed by atoms with Crippen LogP contribution in [0.15, 0.2) is 237 Å². The van der Waals surface area contributed by atoms with Gasteiger partial charge in [-0.1, -0.05) is 200 Å². The van der Waals surface area contributed by atoms with Crippen LogP contribution in [0.4, 0.5) is 0 Å². The molecule has 0 saturated heterocycles. The van der Waals surface area contributed by atoms with E-state index in [-0.39, 0.29) is 0 Å². The molecule has 0 saturated carbocycles. The number of nitrogens with zero attached hydrogens (tertiary/aromatic N) is 3. The predicted octanol–water partition coefficient (Wildman–Crippen LogP) is 14.9. The second-order valence-electron chi connectivity index (χ2n) is 14.9. The number of aromatic nitrogens is 3. The molecule has 2 heterocycles. The van der Waals surface area contributed by atoms with Gasteiger partial charge in [0.25, 0.3) is 0 Å². The average Bonchev–Trinajstić information content (AvgIpc) is 3.35. The monoisotopic (exact) mass is 765 g/mol. The van der Waals surface area contributed by atoms with Gasteiger partial charge in [-0.15, -0.1) is 0 Å². The third-order valence-corrected chi connectivity index (χ3v) is 10.9. The van der Waals surface area contributed by atoms with Crippen molar-refractivity contribution in [2.24, 2.45) is 0 Å². The maximum absolute atomic E-state index is 5.09. The molecular formula is C57H39N3. The van der Waals surface area contributed by atoms with Crippen molar-refractivity contribution < 1.29 is 0 Å².